The summed E-state index contributed by atoms with van der Waals surface area (Å²) < 4.78 is 7.73. The summed E-state index contributed by atoms with van der Waals surface area (Å²) in [6.45, 7) is 5.32. The van der Waals surface area contributed by atoms with Crippen molar-refractivity contribution < 1.29 is 9.21 Å². The number of carbonyl (C=O) groups is 1. The largest absolute Gasteiger partial charge is 0.461 e. The number of amides is 2. The molecule has 1 aliphatic rings. The first-order valence-electron chi connectivity index (χ1n) is 10.1. The Morgan fingerprint density at radius 2 is 2.00 bits per heavy atom. The fourth-order valence-corrected chi connectivity index (χ4v) is 4.24. The number of urea groups is 1. The maximum atomic E-state index is 12.9. The molecule has 0 aliphatic carbocycles. The second-order valence-electron chi connectivity index (χ2n) is 7.82. The van der Waals surface area contributed by atoms with Crippen LogP contribution in [0, 0.1) is 13.8 Å². The Morgan fingerprint density at radius 1 is 1.17 bits per heavy atom. The van der Waals surface area contributed by atoms with Gasteiger partial charge >= 0.3 is 6.03 Å². The first-order chi connectivity index (χ1) is 14.6. The summed E-state index contributed by atoms with van der Waals surface area (Å²) in [6.07, 6.45) is 4.24. The van der Waals surface area contributed by atoms with Crippen molar-refractivity contribution in [3.05, 3.63) is 66.1 Å². The van der Waals surface area contributed by atoms with Crippen molar-refractivity contribution in [1.29, 1.82) is 0 Å². The van der Waals surface area contributed by atoms with Gasteiger partial charge < -0.3 is 19.2 Å². The van der Waals surface area contributed by atoms with Gasteiger partial charge in [-0.2, -0.15) is 0 Å². The Bertz CT molecular complexity index is 1190. The monoisotopic (exact) mass is 401 g/mol. The summed E-state index contributed by atoms with van der Waals surface area (Å²) in [5.41, 5.74) is 4.71. The topological polar surface area (TPSA) is 76.2 Å². The number of nitrogens with one attached hydrogen (secondary N) is 1. The number of hydrogen-bond donors (Lipinski definition) is 1. The number of pyridine rings is 1. The number of imidazole rings is 1. The van der Waals surface area contributed by atoms with E-state index >= 15 is 0 Å². The second-order valence-corrected chi connectivity index (χ2v) is 7.82. The molecule has 1 N–H and O–H groups in total. The van der Waals surface area contributed by atoms with Crippen LogP contribution in [0.25, 0.3) is 22.7 Å². The number of benzene rings is 1. The van der Waals surface area contributed by atoms with Crippen LogP contribution in [0.2, 0.25) is 0 Å². The van der Waals surface area contributed by atoms with Crippen LogP contribution in [-0.2, 0) is 0 Å². The number of fused-ring (bicyclic) bond motifs is 1. The third kappa shape index (κ3) is 3.32. The molecule has 4 aromatic rings. The summed E-state index contributed by atoms with van der Waals surface area (Å²) in [5.74, 6) is 1.45. The molecule has 0 spiro atoms. The van der Waals surface area contributed by atoms with Crippen LogP contribution in [-0.4, -0.2) is 38.6 Å². The molecule has 1 aromatic carbocycles. The number of likely N-dealkylation sites (tertiary alicyclic amines) is 1. The molecule has 1 aliphatic heterocycles. The minimum atomic E-state index is -0.0839. The van der Waals surface area contributed by atoms with Gasteiger partial charge in [-0.25, -0.2) is 14.8 Å². The third-order valence-electron chi connectivity index (χ3n) is 5.48. The molecule has 0 bridgehead atoms. The molecular formula is C23H23N5O2. The molecule has 3 aromatic heterocycles. The predicted molar refractivity (Wildman–Crippen MR) is 115 cm³/mol. The highest BCUT2D eigenvalue weighted by atomic mass is 16.3. The van der Waals surface area contributed by atoms with Crippen molar-refractivity contribution in [2.75, 3.05) is 18.4 Å². The smallest absolute Gasteiger partial charge is 0.321 e. The first-order valence-corrected chi connectivity index (χ1v) is 10.1. The van der Waals surface area contributed by atoms with Gasteiger partial charge in [0.25, 0.3) is 0 Å². The third-order valence-corrected chi connectivity index (χ3v) is 5.48. The van der Waals surface area contributed by atoms with Crippen molar-refractivity contribution in [3.63, 3.8) is 0 Å². The van der Waals surface area contributed by atoms with Crippen LogP contribution in [0.1, 0.15) is 23.6 Å². The SMILES string of the molecule is Cc1cc(C)cc(NC(=O)N2CC[C@@H](n3c(-c4ccco4)nc4cccnc43)C2)c1. The lowest BCUT2D eigenvalue weighted by Crippen LogP contribution is -2.33. The maximum absolute atomic E-state index is 12.9. The Kier molecular flexibility index (Phi) is 4.50. The molecule has 7 heteroatoms. The van der Waals surface area contributed by atoms with E-state index in [1.165, 1.54) is 0 Å². The lowest BCUT2D eigenvalue weighted by atomic mass is 10.1. The summed E-state index contributed by atoms with van der Waals surface area (Å²) in [4.78, 5) is 24.0. The molecule has 1 saturated heterocycles. The average molecular weight is 401 g/mol. The van der Waals surface area contributed by atoms with Crippen LogP contribution in [0.15, 0.2) is 59.3 Å². The van der Waals surface area contributed by atoms with Crippen molar-refractivity contribution in [2.45, 2.75) is 26.3 Å². The molecule has 4 heterocycles. The van der Waals surface area contributed by atoms with E-state index in [0.717, 1.165) is 40.2 Å². The van der Waals surface area contributed by atoms with Gasteiger partial charge in [0.1, 0.15) is 5.52 Å². The molecule has 1 fully saturated rings. The first kappa shape index (κ1) is 18.4. The highest BCUT2D eigenvalue weighted by Crippen LogP contribution is 2.32. The van der Waals surface area contributed by atoms with Crippen molar-refractivity contribution in [2.24, 2.45) is 0 Å². The number of hydrogen-bond acceptors (Lipinski definition) is 4. The van der Waals surface area contributed by atoms with Gasteiger partial charge in [0, 0.05) is 25.0 Å². The molecule has 30 heavy (non-hydrogen) atoms. The van der Waals surface area contributed by atoms with Gasteiger partial charge in [-0.1, -0.05) is 6.07 Å². The number of anilines is 1. The molecular weight excluding hydrogens is 378 g/mol. The van der Waals surface area contributed by atoms with Crippen LogP contribution < -0.4 is 5.32 Å². The highest BCUT2D eigenvalue weighted by molar-refractivity contribution is 5.89. The normalized spacial score (nSPS) is 16.3. The number of furan rings is 1. The van der Waals surface area contributed by atoms with Crippen molar-refractivity contribution in [1.82, 2.24) is 19.4 Å². The number of nitrogens with zero attached hydrogens (tertiary/aromatic N) is 4. The Hall–Kier alpha value is -3.61. The Balaban J connectivity index is 1.41. The number of carbonyl (C=O) groups excluding carboxylic acids is 1. The van der Waals surface area contributed by atoms with E-state index < -0.39 is 0 Å². The van der Waals surface area contributed by atoms with Crippen molar-refractivity contribution >= 4 is 22.9 Å². The zero-order valence-corrected chi connectivity index (χ0v) is 17.0. The summed E-state index contributed by atoms with van der Waals surface area (Å²) in [5, 5.41) is 3.04. The zero-order valence-electron chi connectivity index (χ0n) is 17.0. The average Bonchev–Trinajstić information content (AvgIpc) is 3.45. The van der Waals surface area contributed by atoms with E-state index in [-0.39, 0.29) is 12.1 Å². The number of rotatable bonds is 3. The lowest BCUT2D eigenvalue weighted by molar-refractivity contribution is 0.221. The van der Waals surface area contributed by atoms with E-state index in [2.05, 4.69) is 20.9 Å². The quantitative estimate of drug-likeness (QED) is 0.536. The number of aryl methyl sites for hydroxylation is 2. The molecule has 7 nitrogen and oxygen atoms in total. The van der Waals surface area contributed by atoms with Gasteiger partial charge in [0.15, 0.2) is 17.2 Å². The fraction of sp³-hybridized carbons (Fsp3) is 0.261. The van der Waals surface area contributed by atoms with Gasteiger partial charge in [-0.05, 0) is 67.8 Å². The Morgan fingerprint density at radius 3 is 2.77 bits per heavy atom. The molecule has 0 saturated carbocycles. The zero-order chi connectivity index (χ0) is 20.7. The molecule has 0 unspecified atom stereocenters. The number of aromatic nitrogens is 3. The molecule has 152 valence electrons. The lowest BCUT2D eigenvalue weighted by Gasteiger charge is -2.19. The van der Waals surface area contributed by atoms with E-state index in [1.807, 2.05) is 55.1 Å². The molecule has 2 amide bonds. The van der Waals surface area contributed by atoms with Gasteiger partial charge in [-0.3, -0.25) is 0 Å². The standard InChI is InChI=1S/C23H23N5O2/c1-15-11-16(2)13-17(12-15)25-23(29)27-9-7-18(14-27)28-21-19(5-3-8-24-21)26-22(28)20-6-4-10-30-20/h3-6,8,10-13,18H,7,9,14H2,1-2H3,(H,25,29)/t18-/m1/s1. The molecule has 0 radical (unpaired) electrons. The van der Waals surface area contributed by atoms with Crippen LogP contribution in [0.5, 0.6) is 0 Å². The summed E-state index contributed by atoms with van der Waals surface area (Å²) >= 11 is 0. The van der Waals surface area contributed by atoms with E-state index in [0.29, 0.717) is 18.8 Å². The van der Waals surface area contributed by atoms with Crippen LogP contribution in [0.4, 0.5) is 10.5 Å². The van der Waals surface area contributed by atoms with Crippen LogP contribution in [0.3, 0.4) is 0 Å². The van der Waals surface area contributed by atoms with Crippen molar-refractivity contribution in [3.8, 4) is 11.6 Å². The minimum Gasteiger partial charge on any atom is -0.461 e. The van der Waals surface area contributed by atoms with Gasteiger partial charge in [-0.15, -0.1) is 0 Å². The van der Waals surface area contributed by atoms with E-state index in [9.17, 15) is 4.79 Å². The highest BCUT2D eigenvalue weighted by Gasteiger charge is 2.31. The van der Waals surface area contributed by atoms with Gasteiger partial charge in [0.05, 0.1) is 12.3 Å². The fourth-order valence-electron chi connectivity index (χ4n) is 4.24. The summed E-state index contributed by atoms with van der Waals surface area (Å²) in [6, 6.07) is 13.6. The second kappa shape index (κ2) is 7.33. The maximum Gasteiger partial charge on any atom is 0.321 e. The molecule has 5 rings (SSSR count). The molecule has 1 atom stereocenters. The summed E-state index contributed by atoms with van der Waals surface area (Å²) in [7, 11) is 0. The van der Waals surface area contributed by atoms with E-state index in [1.54, 1.807) is 12.5 Å². The van der Waals surface area contributed by atoms with Crippen LogP contribution >= 0.6 is 0 Å². The van der Waals surface area contributed by atoms with E-state index in [4.69, 9.17) is 9.40 Å². The minimum absolute atomic E-state index is 0.0787. The van der Waals surface area contributed by atoms with Gasteiger partial charge in [0.2, 0.25) is 0 Å². The Labute approximate surface area is 174 Å². The predicted octanol–water partition coefficient (Wildman–Crippen LogP) is 4.79.